The van der Waals surface area contributed by atoms with Gasteiger partial charge in [0.1, 0.15) is 5.01 Å². The fourth-order valence-corrected chi connectivity index (χ4v) is 5.05. The predicted molar refractivity (Wildman–Crippen MR) is 97.7 cm³/mol. The summed E-state index contributed by atoms with van der Waals surface area (Å²) in [6.07, 6.45) is 9.89. The Bertz CT molecular complexity index is 628. The summed E-state index contributed by atoms with van der Waals surface area (Å²) in [5.74, 6) is 0.987. The van der Waals surface area contributed by atoms with E-state index in [1.165, 1.54) is 79.2 Å². The largest absolute Gasteiger partial charge is 0.297 e. The van der Waals surface area contributed by atoms with Gasteiger partial charge in [-0.1, -0.05) is 62.4 Å². The van der Waals surface area contributed by atoms with Gasteiger partial charge in [-0.2, -0.15) is 0 Å². The topological polar surface area (TPSA) is 16.1 Å². The van der Waals surface area contributed by atoms with Crippen LogP contribution in [0.15, 0.2) is 30.3 Å². The molecule has 0 radical (unpaired) electrons. The van der Waals surface area contributed by atoms with Crippen molar-refractivity contribution < 1.29 is 0 Å². The van der Waals surface area contributed by atoms with Crippen molar-refractivity contribution in [2.75, 3.05) is 13.1 Å². The lowest BCUT2D eigenvalue weighted by Crippen LogP contribution is -2.32. The van der Waals surface area contributed by atoms with Gasteiger partial charge in [-0.05, 0) is 25.3 Å². The molecule has 122 valence electrons. The van der Waals surface area contributed by atoms with Crippen molar-refractivity contribution in [3.8, 4) is 10.6 Å². The minimum Gasteiger partial charge on any atom is -0.297 e. The van der Waals surface area contributed by atoms with E-state index in [2.05, 4.69) is 35.2 Å². The Labute approximate surface area is 143 Å². The molecule has 1 aromatic carbocycles. The molecule has 2 aromatic rings. The average molecular weight is 327 g/mol. The normalized spacial score (nSPS) is 19.7. The molecular formula is C20H26N2S. The van der Waals surface area contributed by atoms with E-state index in [1.54, 1.807) is 0 Å². The van der Waals surface area contributed by atoms with Crippen LogP contribution in [0.1, 0.15) is 49.1 Å². The van der Waals surface area contributed by atoms with Gasteiger partial charge in [0, 0.05) is 23.5 Å². The van der Waals surface area contributed by atoms with Crippen LogP contribution in [0.4, 0.5) is 0 Å². The standard InChI is InChI=1S/C20H26N2S/c1-3-7-16(8-4-1)11-13-22-14-12-19-18(15-22)21-20(23-19)17-9-5-2-6-10-17/h2,5-6,9-10,16H,1,3-4,7-8,11-15H2. The molecule has 0 atom stereocenters. The summed E-state index contributed by atoms with van der Waals surface area (Å²) in [5, 5.41) is 1.20. The number of thiazole rings is 1. The molecule has 23 heavy (non-hydrogen) atoms. The molecule has 2 aliphatic rings. The van der Waals surface area contributed by atoms with Crippen molar-refractivity contribution in [3.63, 3.8) is 0 Å². The summed E-state index contributed by atoms with van der Waals surface area (Å²) in [6.45, 7) is 3.55. The Kier molecular flexibility index (Phi) is 4.77. The molecule has 0 unspecified atom stereocenters. The van der Waals surface area contributed by atoms with Gasteiger partial charge in [-0.15, -0.1) is 11.3 Å². The minimum atomic E-state index is 0.987. The molecule has 2 heterocycles. The third-order valence-electron chi connectivity index (χ3n) is 5.41. The quantitative estimate of drug-likeness (QED) is 0.773. The molecule has 0 N–H and O–H groups in total. The molecule has 1 aliphatic heterocycles. The highest BCUT2D eigenvalue weighted by molar-refractivity contribution is 7.15. The van der Waals surface area contributed by atoms with Crippen molar-refractivity contribution in [1.82, 2.24) is 9.88 Å². The molecular weight excluding hydrogens is 300 g/mol. The maximum atomic E-state index is 4.94. The molecule has 1 fully saturated rings. The van der Waals surface area contributed by atoms with E-state index < -0.39 is 0 Å². The second kappa shape index (κ2) is 7.14. The highest BCUT2D eigenvalue weighted by Gasteiger charge is 2.22. The van der Waals surface area contributed by atoms with Gasteiger partial charge in [0.25, 0.3) is 0 Å². The summed E-state index contributed by atoms with van der Waals surface area (Å²) >= 11 is 1.90. The van der Waals surface area contributed by atoms with Gasteiger partial charge in [0.2, 0.25) is 0 Å². The van der Waals surface area contributed by atoms with E-state index in [-0.39, 0.29) is 0 Å². The summed E-state index contributed by atoms with van der Waals surface area (Å²) in [5.41, 5.74) is 2.60. The van der Waals surface area contributed by atoms with Gasteiger partial charge < -0.3 is 0 Å². The molecule has 1 saturated carbocycles. The first-order valence-electron chi connectivity index (χ1n) is 9.15. The van der Waals surface area contributed by atoms with E-state index in [9.17, 15) is 0 Å². The van der Waals surface area contributed by atoms with Crippen molar-refractivity contribution in [2.45, 2.75) is 51.5 Å². The SMILES string of the molecule is c1ccc(-c2nc3c(s2)CCN(CCC2CCCCC2)C3)cc1. The molecule has 1 aliphatic carbocycles. The van der Waals surface area contributed by atoms with E-state index in [0.29, 0.717) is 0 Å². The maximum absolute atomic E-state index is 4.94. The fraction of sp³-hybridized carbons (Fsp3) is 0.550. The van der Waals surface area contributed by atoms with Crippen LogP contribution in [0, 0.1) is 5.92 Å². The van der Waals surface area contributed by atoms with E-state index in [1.807, 2.05) is 11.3 Å². The van der Waals surface area contributed by atoms with Crippen molar-refractivity contribution in [1.29, 1.82) is 0 Å². The molecule has 0 bridgehead atoms. The highest BCUT2D eigenvalue weighted by atomic mass is 32.1. The Morgan fingerprint density at radius 2 is 1.91 bits per heavy atom. The van der Waals surface area contributed by atoms with E-state index in [4.69, 9.17) is 4.98 Å². The van der Waals surface area contributed by atoms with Gasteiger partial charge in [0.05, 0.1) is 5.69 Å². The third-order valence-corrected chi connectivity index (χ3v) is 6.61. The molecule has 0 saturated heterocycles. The smallest absolute Gasteiger partial charge is 0.123 e. The van der Waals surface area contributed by atoms with Crippen LogP contribution in [-0.2, 0) is 13.0 Å². The summed E-state index contributed by atoms with van der Waals surface area (Å²) in [7, 11) is 0. The first-order chi connectivity index (χ1) is 11.4. The number of nitrogens with zero attached hydrogens (tertiary/aromatic N) is 2. The zero-order chi connectivity index (χ0) is 15.5. The van der Waals surface area contributed by atoms with Gasteiger partial charge in [0.15, 0.2) is 0 Å². The summed E-state index contributed by atoms with van der Waals surface area (Å²) in [6, 6.07) is 10.6. The van der Waals surface area contributed by atoms with Crippen LogP contribution < -0.4 is 0 Å². The second-order valence-corrected chi connectivity index (χ2v) is 8.16. The summed E-state index contributed by atoms with van der Waals surface area (Å²) in [4.78, 5) is 9.09. The Morgan fingerprint density at radius 1 is 1.09 bits per heavy atom. The number of aromatic nitrogens is 1. The third kappa shape index (κ3) is 3.67. The predicted octanol–water partition coefficient (Wildman–Crippen LogP) is 5.14. The molecule has 4 rings (SSSR count). The number of rotatable bonds is 4. The number of hydrogen-bond donors (Lipinski definition) is 0. The van der Waals surface area contributed by atoms with E-state index >= 15 is 0 Å². The average Bonchev–Trinajstić information content (AvgIpc) is 3.05. The lowest BCUT2D eigenvalue weighted by Gasteiger charge is -2.29. The second-order valence-electron chi connectivity index (χ2n) is 7.07. The number of fused-ring (bicyclic) bond motifs is 1. The van der Waals surface area contributed by atoms with Crippen LogP contribution in [0.3, 0.4) is 0 Å². The molecule has 3 heteroatoms. The van der Waals surface area contributed by atoms with Gasteiger partial charge in [-0.25, -0.2) is 4.98 Å². The first-order valence-corrected chi connectivity index (χ1v) is 9.96. The molecule has 0 amide bonds. The van der Waals surface area contributed by atoms with Crippen molar-refractivity contribution in [2.24, 2.45) is 5.92 Å². The highest BCUT2D eigenvalue weighted by Crippen LogP contribution is 2.32. The number of hydrogen-bond acceptors (Lipinski definition) is 3. The van der Waals surface area contributed by atoms with Crippen LogP contribution in [-0.4, -0.2) is 23.0 Å². The zero-order valence-corrected chi connectivity index (χ0v) is 14.7. The molecule has 0 spiro atoms. The lowest BCUT2D eigenvalue weighted by molar-refractivity contribution is 0.216. The monoisotopic (exact) mass is 326 g/mol. The lowest BCUT2D eigenvalue weighted by atomic mass is 9.87. The zero-order valence-electron chi connectivity index (χ0n) is 13.8. The Balaban J connectivity index is 1.38. The number of benzene rings is 1. The molecule has 2 nitrogen and oxygen atoms in total. The van der Waals surface area contributed by atoms with Crippen LogP contribution in [0.25, 0.3) is 10.6 Å². The van der Waals surface area contributed by atoms with Crippen molar-refractivity contribution >= 4 is 11.3 Å². The van der Waals surface area contributed by atoms with Crippen LogP contribution >= 0.6 is 11.3 Å². The fourth-order valence-electron chi connectivity index (χ4n) is 3.99. The van der Waals surface area contributed by atoms with Crippen LogP contribution in [0.5, 0.6) is 0 Å². The maximum Gasteiger partial charge on any atom is 0.123 e. The Hall–Kier alpha value is -1.19. The summed E-state index contributed by atoms with van der Waals surface area (Å²) < 4.78 is 0. The van der Waals surface area contributed by atoms with Gasteiger partial charge in [-0.3, -0.25) is 4.90 Å². The van der Waals surface area contributed by atoms with Crippen LogP contribution in [0.2, 0.25) is 0 Å². The van der Waals surface area contributed by atoms with Crippen molar-refractivity contribution in [3.05, 3.63) is 40.9 Å². The van der Waals surface area contributed by atoms with Gasteiger partial charge >= 0.3 is 0 Å². The minimum absolute atomic E-state index is 0.987. The first kappa shape index (κ1) is 15.3. The Morgan fingerprint density at radius 3 is 2.74 bits per heavy atom. The molecule has 1 aromatic heterocycles. The van der Waals surface area contributed by atoms with E-state index in [0.717, 1.165) is 12.5 Å².